The summed E-state index contributed by atoms with van der Waals surface area (Å²) in [5, 5.41) is 5.22. The summed E-state index contributed by atoms with van der Waals surface area (Å²) in [6.45, 7) is 0. The Hall–Kier alpha value is -6.22. The standard InChI is InChI=1S/C49H31NS/c1-3-13-31(14-4-1)32-23-25-33(26-24-32)46-38-19-7-8-20-39(38)47-40(30-42-37-18-10-12-22-45(37)51-49(42)48(46)47)34-27-28-44-41(29-34)36-17-9-11-21-43(36)50(44)35-15-5-2-6-16-35/h1-30,46H. The van der Waals surface area contributed by atoms with E-state index in [-0.39, 0.29) is 5.92 Å². The maximum Gasteiger partial charge on any atom is 0.0541 e. The van der Waals surface area contributed by atoms with Gasteiger partial charge in [0, 0.05) is 42.6 Å². The quantitative estimate of drug-likeness (QED) is 0.176. The first-order chi connectivity index (χ1) is 25.3. The van der Waals surface area contributed by atoms with Gasteiger partial charge in [0.15, 0.2) is 0 Å². The van der Waals surface area contributed by atoms with Crippen LogP contribution in [-0.4, -0.2) is 4.57 Å². The first-order valence-corrected chi connectivity index (χ1v) is 18.5. The molecule has 0 saturated carbocycles. The van der Waals surface area contributed by atoms with Gasteiger partial charge in [0.05, 0.1) is 11.0 Å². The van der Waals surface area contributed by atoms with Crippen molar-refractivity contribution >= 4 is 53.3 Å². The number of thiophene rings is 1. The van der Waals surface area contributed by atoms with Crippen LogP contribution in [0.2, 0.25) is 0 Å². The Kier molecular flexibility index (Phi) is 6.25. The lowest BCUT2D eigenvalue weighted by Crippen LogP contribution is -2.00. The summed E-state index contributed by atoms with van der Waals surface area (Å²) >= 11 is 1.94. The molecule has 1 unspecified atom stereocenters. The second kappa shape index (κ2) is 11.1. The van der Waals surface area contributed by atoms with E-state index in [4.69, 9.17) is 0 Å². The number of hydrogen-bond acceptors (Lipinski definition) is 1. The molecule has 51 heavy (non-hydrogen) atoms. The molecule has 0 aliphatic heterocycles. The number of benzene rings is 8. The van der Waals surface area contributed by atoms with Crippen molar-refractivity contribution in [1.82, 2.24) is 4.57 Å². The summed E-state index contributed by atoms with van der Waals surface area (Å²) in [4.78, 5) is 0. The van der Waals surface area contributed by atoms with Crippen LogP contribution < -0.4 is 0 Å². The molecule has 10 aromatic rings. The Morgan fingerprint density at radius 3 is 1.92 bits per heavy atom. The summed E-state index contributed by atoms with van der Waals surface area (Å²) in [6, 6.07) is 67.2. The van der Waals surface area contributed by atoms with Crippen molar-refractivity contribution in [2.45, 2.75) is 5.92 Å². The van der Waals surface area contributed by atoms with Gasteiger partial charge < -0.3 is 4.57 Å². The Morgan fingerprint density at radius 1 is 0.431 bits per heavy atom. The number of para-hydroxylation sites is 2. The summed E-state index contributed by atoms with van der Waals surface area (Å²) < 4.78 is 5.13. The molecule has 238 valence electrons. The highest BCUT2D eigenvalue weighted by molar-refractivity contribution is 7.26. The molecular weight excluding hydrogens is 635 g/mol. The predicted octanol–water partition coefficient (Wildman–Crippen LogP) is 13.6. The van der Waals surface area contributed by atoms with Crippen LogP contribution in [-0.2, 0) is 0 Å². The number of rotatable bonds is 4. The number of hydrogen-bond donors (Lipinski definition) is 0. The highest BCUT2D eigenvalue weighted by atomic mass is 32.1. The monoisotopic (exact) mass is 665 g/mol. The van der Waals surface area contributed by atoms with Crippen LogP contribution in [0.3, 0.4) is 0 Å². The zero-order chi connectivity index (χ0) is 33.5. The van der Waals surface area contributed by atoms with E-state index in [0.29, 0.717) is 0 Å². The SMILES string of the molecule is c1ccc(-c2ccc(C3c4ccccc4-c4c(-c5ccc6c(c5)c5ccccc5n6-c5ccccc5)cc5c(sc6ccccc65)c43)cc2)cc1. The van der Waals surface area contributed by atoms with Crippen molar-refractivity contribution in [2.75, 3.05) is 0 Å². The van der Waals surface area contributed by atoms with Gasteiger partial charge in [-0.1, -0.05) is 140 Å². The molecule has 0 spiro atoms. The fourth-order valence-electron chi connectivity index (χ4n) is 8.65. The van der Waals surface area contributed by atoms with Gasteiger partial charge in [-0.2, -0.15) is 0 Å². The van der Waals surface area contributed by atoms with Gasteiger partial charge in [-0.25, -0.2) is 0 Å². The van der Waals surface area contributed by atoms with Crippen molar-refractivity contribution in [3.05, 3.63) is 199 Å². The fraction of sp³-hybridized carbons (Fsp3) is 0.0204. The van der Waals surface area contributed by atoms with E-state index >= 15 is 0 Å². The van der Waals surface area contributed by atoms with Gasteiger partial charge in [-0.15, -0.1) is 11.3 Å². The Labute approximate surface area is 300 Å². The molecule has 1 aliphatic rings. The van der Waals surface area contributed by atoms with Gasteiger partial charge in [0.2, 0.25) is 0 Å². The lowest BCUT2D eigenvalue weighted by atomic mass is 9.86. The molecule has 1 aliphatic carbocycles. The minimum absolute atomic E-state index is 0.139. The van der Waals surface area contributed by atoms with Crippen molar-refractivity contribution in [1.29, 1.82) is 0 Å². The lowest BCUT2D eigenvalue weighted by molar-refractivity contribution is 1.03. The second-order valence-corrected chi connectivity index (χ2v) is 14.7. The van der Waals surface area contributed by atoms with E-state index in [1.165, 1.54) is 97.7 Å². The number of nitrogens with zero attached hydrogens (tertiary/aromatic N) is 1. The minimum atomic E-state index is 0.139. The third-order valence-corrected chi connectivity index (χ3v) is 12.1. The third kappa shape index (κ3) is 4.27. The van der Waals surface area contributed by atoms with Gasteiger partial charge in [-0.05, 0) is 92.5 Å². The normalized spacial score (nSPS) is 13.7. The average molecular weight is 666 g/mol. The summed E-state index contributed by atoms with van der Waals surface area (Å²) in [7, 11) is 0. The molecule has 11 rings (SSSR count). The van der Waals surface area contributed by atoms with Crippen LogP contribution in [0.4, 0.5) is 0 Å². The molecular formula is C49H31NS. The molecule has 1 atom stereocenters. The molecule has 8 aromatic carbocycles. The van der Waals surface area contributed by atoms with Gasteiger partial charge in [0.1, 0.15) is 0 Å². The molecule has 0 amide bonds. The van der Waals surface area contributed by atoms with Gasteiger partial charge in [-0.3, -0.25) is 0 Å². The van der Waals surface area contributed by atoms with Gasteiger partial charge >= 0.3 is 0 Å². The molecule has 0 fully saturated rings. The van der Waals surface area contributed by atoms with Crippen LogP contribution in [0.25, 0.3) is 81.0 Å². The topological polar surface area (TPSA) is 4.93 Å². The van der Waals surface area contributed by atoms with E-state index in [9.17, 15) is 0 Å². The largest absolute Gasteiger partial charge is 0.309 e. The molecule has 1 nitrogen and oxygen atoms in total. The van der Waals surface area contributed by atoms with Crippen molar-refractivity contribution in [3.8, 4) is 39.1 Å². The average Bonchev–Trinajstić information content (AvgIpc) is 3.86. The predicted molar refractivity (Wildman–Crippen MR) is 217 cm³/mol. The van der Waals surface area contributed by atoms with E-state index in [2.05, 4.69) is 187 Å². The Balaban J connectivity index is 1.20. The van der Waals surface area contributed by atoms with Gasteiger partial charge in [0.25, 0.3) is 0 Å². The highest BCUT2D eigenvalue weighted by Gasteiger charge is 2.35. The van der Waals surface area contributed by atoms with Crippen LogP contribution in [0.15, 0.2) is 182 Å². The van der Waals surface area contributed by atoms with E-state index in [1.54, 1.807) is 0 Å². The zero-order valence-electron chi connectivity index (χ0n) is 27.8. The molecule has 0 bridgehead atoms. The third-order valence-electron chi connectivity index (χ3n) is 10.9. The first-order valence-electron chi connectivity index (χ1n) is 17.6. The first kappa shape index (κ1) is 28.6. The fourth-order valence-corrected chi connectivity index (χ4v) is 9.91. The Bertz CT molecular complexity index is 2950. The Morgan fingerprint density at radius 2 is 1.08 bits per heavy atom. The highest BCUT2D eigenvalue weighted by Crippen LogP contribution is 2.57. The van der Waals surface area contributed by atoms with E-state index < -0.39 is 0 Å². The molecule has 2 heteroatoms. The molecule has 0 N–H and O–H groups in total. The van der Waals surface area contributed by atoms with Crippen LogP contribution in [0, 0.1) is 0 Å². The van der Waals surface area contributed by atoms with E-state index in [1.807, 2.05) is 11.3 Å². The van der Waals surface area contributed by atoms with Crippen molar-refractivity contribution < 1.29 is 0 Å². The smallest absolute Gasteiger partial charge is 0.0541 e. The van der Waals surface area contributed by atoms with Crippen molar-refractivity contribution in [3.63, 3.8) is 0 Å². The molecule has 2 heterocycles. The maximum atomic E-state index is 2.49. The van der Waals surface area contributed by atoms with E-state index in [0.717, 1.165) is 0 Å². The summed E-state index contributed by atoms with van der Waals surface area (Å²) in [6.07, 6.45) is 0. The maximum absolute atomic E-state index is 2.49. The molecule has 2 aromatic heterocycles. The second-order valence-electron chi connectivity index (χ2n) is 13.6. The van der Waals surface area contributed by atoms with Crippen molar-refractivity contribution in [2.24, 2.45) is 0 Å². The van der Waals surface area contributed by atoms with Crippen LogP contribution in [0.1, 0.15) is 22.6 Å². The van der Waals surface area contributed by atoms with Crippen LogP contribution >= 0.6 is 11.3 Å². The molecule has 0 radical (unpaired) electrons. The lowest BCUT2D eigenvalue weighted by Gasteiger charge is -2.17. The molecule has 0 saturated heterocycles. The summed E-state index contributed by atoms with van der Waals surface area (Å²) in [5.41, 5.74) is 15.5. The number of aromatic nitrogens is 1. The minimum Gasteiger partial charge on any atom is -0.309 e. The van der Waals surface area contributed by atoms with Crippen LogP contribution in [0.5, 0.6) is 0 Å². The zero-order valence-corrected chi connectivity index (χ0v) is 28.6. The number of fused-ring (bicyclic) bond motifs is 10. The summed E-state index contributed by atoms with van der Waals surface area (Å²) in [5.74, 6) is 0.139.